The van der Waals surface area contributed by atoms with E-state index in [9.17, 15) is 9.59 Å². The fraction of sp³-hybridized carbons (Fsp3) is 0.500. The van der Waals surface area contributed by atoms with Crippen LogP contribution in [-0.4, -0.2) is 36.7 Å². The number of carboxylic acids is 1. The predicted molar refractivity (Wildman–Crippen MR) is 83.3 cm³/mol. The predicted octanol–water partition coefficient (Wildman–Crippen LogP) is 1.29. The largest absolute Gasteiger partial charge is 0.480 e. The zero-order chi connectivity index (χ0) is 16.4. The number of carbonyl (C=O) groups is 2. The summed E-state index contributed by atoms with van der Waals surface area (Å²) in [6.07, 6.45) is 1.25. The number of hydrogen-bond acceptors (Lipinski definition) is 4. The molecular formula is C16H24N2O4. The summed E-state index contributed by atoms with van der Waals surface area (Å²) >= 11 is 0. The zero-order valence-corrected chi connectivity index (χ0v) is 13.1. The number of hydrogen-bond donors (Lipinski definition) is 3. The molecule has 0 radical (unpaired) electrons. The number of methoxy groups -OCH3 is 1. The molecule has 0 aliphatic heterocycles. The highest BCUT2D eigenvalue weighted by atomic mass is 16.5. The van der Waals surface area contributed by atoms with Crippen LogP contribution in [0.25, 0.3) is 0 Å². The molecule has 3 N–H and O–H groups in total. The van der Waals surface area contributed by atoms with E-state index in [-0.39, 0.29) is 12.5 Å². The fourth-order valence-corrected chi connectivity index (χ4v) is 2.00. The third kappa shape index (κ3) is 6.69. The number of carboxylic acid groups (broad SMARTS) is 1. The van der Waals surface area contributed by atoms with Gasteiger partial charge in [0.25, 0.3) is 0 Å². The van der Waals surface area contributed by atoms with Gasteiger partial charge < -0.3 is 15.2 Å². The molecule has 1 atom stereocenters. The lowest BCUT2D eigenvalue weighted by Gasteiger charge is -2.13. The van der Waals surface area contributed by atoms with E-state index in [1.54, 1.807) is 7.11 Å². The number of benzene rings is 1. The van der Waals surface area contributed by atoms with Gasteiger partial charge in [0.05, 0.1) is 13.2 Å². The molecule has 0 heterocycles. The molecule has 0 saturated carbocycles. The van der Waals surface area contributed by atoms with Gasteiger partial charge in [-0.25, -0.2) is 0 Å². The summed E-state index contributed by atoms with van der Waals surface area (Å²) in [4.78, 5) is 22.7. The molecule has 1 aromatic carbocycles. The first-order chi connectivity index (χ1) is 10.6. The summed E-state index contributed by atoms with van der Waals surface area (Å²) in [5.41, 5.74) is 2.06. The van der Waals surface area contributed by atoms with Crippen LogP contribution in [0.2, 0.25) is 0 Å². The average molecular weight is 308 g/mol. The van der Waals surface area contributed by atoms with Crippen molar-refractivity contribution >= 4 is 11.9 Å². The van der Waals surface area contributed by atoms with Crippen LogP contribution in [-0.2, 0) is 27.5 Å². The van der Waals surface area contributed by atoms with Crippen LogP contribution in [0.3, 0.4) is 0 Å². The van der Waals surface area contributed by atoms with Gasteiger partial charge in [-0.3, -0.25) is 14.9 Å². The summed E-state index contributed by atoms with van der Waals surface area (Å²) in [6.45, 7) is 2.88. The smallest absolute Gasteiger partial charge is 0.320 e. The number of rotatable bonds is 10. The first-order valence-electron chi connectivity index (χ1n) is 7.36. The van der Waals surface area contributed by atoms with Gasteiger partial charge in [0, 0.05) is 13.7 Å². The van der Waals surface area contributed by atoms with Crippen molar-refractivity contribution in [1.29, 1.82) is 0 Å². The minimum Gasteiger partial charge on any atom is -0.480 e. The van der Waals surface area contributed by atoms with E-state index in [4.69, 9.17) is 9.84 Å². The lowest BCUT2D eigenvalue weighted by molar-refractivity contribution is -0.139. The van der Waals surface area contributed by atoms with E-state index in [0.29, 0.717) is 19.6 Å². The first kappa shape index (κ1) is 18.1. The molecule has 0 aliphatic carbocycles. The molecule has 0 aromatic heterocycles. The molecule has 122 valence electrons. The highest BCUT2D eigenvalue weighted by Crippen LogP contribution is 2.05. The molecule has 1 amide bonds. The lowest BCUT2D eigenvalue weighted by Crippen LogP contribution is -2.42. The third-order valence-electron chi connectivity index (χ3n) is 3.21. The maximum Gasteiger partial charge on any atom is 0.320 e. The van der Waals surface area contributed by atoms with Crippen LogP contribution in [0.15, 0.2) is 24.3 Å². The van der Waals surface area contributed by atoms with Crippen molar-refractivity contribution in [3.05, 3.63) is 35.4 Å². The Morgan fingerprint density at radius 2 is 1.86 bits per heavy atom. The summed E-state index contributed by atoms with van der Waals surface area (Å²) < 4.78 is 5.03. The van der Waals surface area contributed by atoms with E-state index in [0.717, 1.165) is 17.5 Å². The molecule has 0 bridgehead atoms. The number of amides is 1. The van der Waals surface area contributed by atoms with Gasteiger partial charge in [-0.2, -0.15) is 0 Å². The van der Waals surface area contributed by atoms with Crippen molar-refractivity contribution in [1.82, 2.24) is 10.6 Å². The monoisotopic (exact) mass is 308 g/mol. The van der Waals surface area contributed by atoms with Gasteiger partial charge in [-0.1, -0.05) is 37.6 Å². The molecule has 22 heavy (non-hydrogen) atoms. The van der Waals surface area contributed by atoms with Gasteiger partial charge in [-0.15, -0.1) is 0 Å². The van der Waals surface area contributed by atoms with Gasteiger partial charge in [0.1, 0.15) is 6.04 Å². The molecule has 1 rings (SSSR count). The average Bonchev–Trinajstić information content (AvgIpc) is 2.50. The fourth-order valence-electron chi connectivity index (χ4n) is 2.00. The first-order valence-corrected chi connectivity index (χ1v) is 7.36. The summed E-state index contributed by atoms with van der Waals surface area (Å²) in [5.74, 6) is -1.15. The minimum atomic E-state index is -0.927. The SMILES string of the molecule is CCCC(NCC(=O)NCc1ccc(COC)cc1)C(=O)O. The van der Waals surface area contributed by atoms with Crippen molar-refractivity contribution < 1.29 is 19.4 Å². The second-order valence-electron chi connectivity index (χ2n) is 5.09. The second-order valence-corrected chi connectivity index (χ2v) is 5.09. The van der Waals surface area contributed by atoms with Crippen LogP contribution in [0.4, 0.5) is 0 Å². The number of ether oxygens (including phenoxy) is 1. The molecule has 1 unspecified atom stereocenters. The van der Waals surface area contributed by atoms with E-state index >= 15 is 0 Å². The Morgan fingerprint density at radius 1 is 1.23 bits per heavy atom. The molecule has 0 spiro atoms. The number of aliphatic carboxylic acids is 1. The van der Waals surface area contributed by atoms with Crippen LogP contribution >= 0.6 is 0 Å². The third-order valence-corrected chi connectivity index (χ3v) is 3.21. The Bertz CT molecular complexity index is 474. The van der Waals surface area contributed by atoms with Crippen molar-refractivity contribution in [2.75, 3.05) is 13.7 Å². The Labute approximate surface area is 130 Å². The van der Waals surface area contributed by atoms with E-state index < -0.39 is 12.0 Å². The molecular weight excluding hydrogens is 284 g/mol. The standard InChI is InChI=1S/C16H24N2O4/c1-3-4-14(16(20)21)17-10-15(19)18-9-12-5-7-13(8-6-12)11-22-2/h5-8,14,17H,3-4,9-11H2,1-2H3,(H,18,19)(H,20,21). The lowest BCUT2D eigenvalue weighted by atomic mass is 10.1. The minimum absolute atomic E-state index is 0.00126. The second kappa shape index (κ2) is 9.92. The van der Waals surface area contributed by atoms with Crippen LogP contribution < -0.4 is 10.6 Å². The maximum atomic E-state index is 11.7. The Balaban J connectivity index is 2.34. The van der Waals surface area contributed by atoms with E-state index in [1.165, 1.54) is 0 Å². The highest BCUT2D eigenvalue weighted by Gasteiger charge is 2.16. The van der Waals surface area contributed by atoms with Gasteiger partial charge >= 0.3 is 5.97 Å². The molecule has 0 aliphatic rings. The number of nitrogens with one attached hydrogen (secondary N) is 2. The van der Waals surface area contributed by atoms with Crippen molar-refractivity contribution in [3.63, 3.8) is 0 Å². The van der Waals surface area contributed by atoms with Gasteiger partial charge in [0.2, 0.25) is 5.91 Å². The van der Waals surface area contributed by atoms with Gasteiger partial charge in [-0.05, 0) is 17.5 Å². The molecule has 6 nitrogen and oxygen atoms in total. The Morgan fingerprint density at radius 3 is 2.41 bits per heavy atom. The van der Waals surface area contributed by atoms with Crippen LogP contribution in [0, 0.1) is 0 Å². The summed E-state index contributed by atoms with van der Waals surface area (Å²) in [7, 11) is 1.64. The molecule has 6 heteroatoms. The van der Waals surface area contributed by atoms with Crippen LogP contribution in [0.1, 0.15) is 30.9 Å². The van der Waals surface area contributed by atoms with Crippen molar-refractivity contribution in [3.8, 4) is 0 Å². The quantitative estimate of drug-likeness (QED) is 0.606. The summed E-state index contributed by atoms with van der Waals surface area (Å²) in [6, 6.07) is 7.08. The van der Waals surface area contributed by atoms with Crippen molar-refractivity contribution in [2.24, 2.45) is 0 Å². The molecule has 0 fully saturated rings. The number of carbonyl (C=O) groups excluding carboxylic acids is 1. The van der Waals surface area contributed by atoms with Crippen molar-refractivity contribution in [2.45, 2.75) is 39.0 Å². The normalized spacial score (nSPS) is 11.9. The zero-order valence-electron chi connectivity index (χ0n) is 13.1. The topological polar surface area (TPSA) is 87.7 Å². The molecule has 1 aromatic rings. The van der Waals surface area contributed by atoms with E-state index in [1.807, 2.05) is 31.2 Å². The maximum absolute atomic E-state index is 11.7. The Kier molecular flexibility index (Phi) is 8.17. The van der Waals surface area contributed by atoms with E-state index in [2.05, 4.69) is 10.6 Å². The van der Waals surface area contributed by atoms with Gasteiger partial charge in [0.15, 0.2) is 0 Å². The summed E-state index contributed by atoms with van der Waals surface area (Å²) in [5, 5.41) is 14.5. The Hall–Kier alpha value is -1.92. The van der Waals surface area contributed by atoms with Crippen LogP contribution in [0.5, 0.6) is 0 Å². The molecule has 0 saturated heterocycles. The highest BCUT2D eigenvalue weighted by molar-refractivity contribution is 5.79.